The molecular weight excluding hydrogens is 377 g/mol. The van der Waals surface area contributed by atoms with E-state index in [1.165, 1.54) is 30.0 Å². The number of halogens is 3. The van der Waals surface area contributed by atoms with E-state index >= 15 is 0 Å². The molecule has 1 fully saturated rings. The zero-order valence-electron chi connectivity index (χ0n) is 14.2. The zero-order valence-corrected chi connectivity index (χ0v) is 15.0. The van der Waals surface area contributed by atoms with Gasteiger partial charge < -0.3 is 10.6 Å². The first kappa shape index (κ1) is 19.3. The molecule has 3 rings (SSSR count). The molecule has 2 N–H and O–H groups in total. The summed E-state index contributed by atoms with van der Waals surface area (Å²) in [7, 11) is 0. The van der Waals surface area contributed by atoms with E-state index in [-0.39, 0.29) is 23.3 Å². The first-order valence-electron chi connectivity index (χ1n) is 8.33. The minimum Gasteiger partial charge on any atom is -0.326 e. The maximum Gasteiger partial charge on any atom is 0.418 e. The lowest BCUT2D eigenvalue weighted by Crippen LogP contribution is -2.18. The maximum atomic E-state index is 12.9. The smallest absolute Gasteiger partial charge is 0.326 e. The van der Waals surface area contributed by atoms with E-state index in [1.54, 1.807) is 24.3 Å². The third-order valence-corrected chi connectivity index (χ3v) is 4.96. The van der Waals surface area contributed by atoms with Crippen LogP contribution < -0.4 is 10.6 Å². The van der Waals surface area contributed by atoms with Crippen LogP contribution >= 0.6 is 11.8 Å². The summed E-state index contributed by atoms with van der Waals surface area (Å²) in [5.41, 5.74) is -0.451. The SMILES string of the molecule is O=C(CSc1ccc(NC(=O)C2CC2)cc1)Nc1ccccc1C(F)(F)F. The van der Waals surface area contributed by atoms with Crippen molar-refractivity contribution in [2.45, 2.75) is 23.9 Å². The molecule has 0 radical (unpaired) electrons. The number of rotatable bonds is 6. The summed E-state index contributed by atoms with van der Waals surface area (Å²) < 4.78 is 38.8. The summed E-state index contributed by atoms with van der Waals surface area (Å²) in [4.78, 5) is 24.5. The lowest BCUT2D eigenvalue weighted by atomic mass is 10.1. The molecule has 0 bridgehead atoms. The zero-order chi connectivity index (χ0) is 19.4. The lowest BCUT2D eigenvalue weighted by Gasteiger charge is -2.13. The molecule has 0 aliphatic heterocycles. The lowest BCUT2D eigenvalue weighted by molar-refractivity contribution is -0.137. The van der Waals surface area contributed by atoms with Crippen LogP contribution in [0, 0.1) is 5.92 Å². The van der Waals surface area contributed by atoms with Gasteiger partial charge >= 0.3 is 6.18 Å². The highest BCUT2D eigenvalue weighted by Gasteiger charge is 2.33. The number of alkyl halides is 3. The number of hydrogen-bond acceptors (Lipinski definition) is 3. The summed E-state index contributed by atoms with van der Waals surface area (Å²) in [5, 5.41) is 5.12. The molecule has 0 spiro atoms. The number of anilines is 2. The molecule has 2 aromatic carbocycles. The van der Waals surface area contributed by atoms with Gasteiger partial charge in [-0.15, -0.1) is 11.8 Å². The third kappa shape index (κ3) is 5.50. The van der Waals surface area contributed by atoms with Gasteiger partial charge in [-0.05, 0) is 49.2 Å². The molecular formula is C19H17F3N2O2S. The van der Waals surface area contributed by atoms with Gasteiger partial charge in [0.25, 0.3) is 0 Å². The van der Waals surface area contributed by atoms with Crippen LogP contribution in [-0.4, -0.2) is 17.6 Å². The molecule has 1 aliphatic rings. The van der Waals surface area contributed by atoms with Crippen LogP contribution in [0.15, 0.2) is 53.4 Å². The van der Waals surface area contributed by atoms with Gasteiger partial charge in [-0.25, -0.2) is 0 Å². The Morgan fingerprint density at radius 1 is 1.00 bits per heavy atom. The highest BCUT2D eigenvalue weighted by molar-refractivity contribution is 8.00. The van der Waals surface area contributed by atoms with Crippen molar-refractivity contribution in [3.8, 4) is 0 Å². The molecule has 0 aromatic heterocycles. The third-order valence-electron chi connectivity index (χ3n) is 3.95. The van der Waals surface area contributed by atoms with Crippen LogP contribution in [0.25, 0.3) is 0 Å². The van der Waals surface area contributed by atoms with Crippen molar-refractivity contribution in [2.24, 2.45) is 5.92 Å². The van der Waals surface area contributed by atoms with E-state index < -0.39 is 17.6 Å². The van der Waals surface area contributed by atoms with Gasteiger partial charge in [0.2, 0.25) is 11.8 Å². The van der Waals surface area contributed by atoms with Gasteiger partial charge in [-0.1, -0.05) is 12.1 Å². The van der Waals surface area contributed by atoms with Crippen LogP contribution in [0.5, 0.6) is 0 Å². The van der Waals surface area contributed by atoms with Gasteiger partial charge in [0.15, 0.2) is 0 Å². The highest BCUT2D eigenvalue weighted by atomic mass is 32.2. The molecule has 2 aromatic rings. The van der Waals surface area contributed by atoms with Crippen molar-refractivity contribution in [2.75, 3.05) is 16.4 Å². The highest BCUT2D eigenvalue weighted by Crippen LogP contribution is 2.34. The second kappa shape index (κ2) is 8.04. The van der Waals surface area contributed by atoms with Crippen LogP contribution in [0.1, 0.15) is 18.4 Å². The Hall–Kier alpha value is -2.48. The topological polar surface area (TPSA) is 58.2 Å². The molecule has 4 nitrogen and oxygen atoms in total. The van der Waals surface area contributed by atoms with E-state index in [0.29, 0.717) is 5.69 Å². The number of thioether (sulfide) groups is 1. The number of carbonyl (C=O) groups is 2. The number of para-hydroxylation sites is 1. The summed E-state index contributed by atoms with van der Waals surface area (Å²) >= 11 is 1.20. The second-order valence-electron chi connectivity index (χ2n) is 6.17. The number of carbonyl (C=O) groups excluding carboxylic acids is 2. The quantitative estimate of drug-likeness (QED) is 0.693. The van der Waals surface area contributed by atoms with Crippen LogP contribution in [-0.2, 0) is 15.8 Å². The fraction of sp³-hybridized carbons (Fsp3) is 0.263. The largest absolute Gasteiger partial charge is 0.418 e. The predicted molar refractivity (Wildman–Crippen MR) is 98.6 cm³/mol. The number of hydrogen-bond donors (Lipinski definition) is 2. The molecule has 2 amide bonds. The summed E-state index contributed by atoms with van der Waals surface area (Å²) in [6.07, 6.45) is -2.68. The first-order valence-corrected chi connectivity index (χ1v) is 9.31. The van der Waals surface area contributed by atoms with Gasteiger partial charge in [-0.3, -0.25) is 9.59 Å². The fourth-order valence-corrected chi connectivity index (χ4v) is 3.10. The van der Waals surface area contributed by atoms with Crippen molar-refractivity contribution in [1.29, 1.82) is 0 Å². The van der Waals surface area contributed by atoms with Crippen LogP contribution in [0.2, 0.25) is 0 Å². The van der Waals surface area contributed by atoms with Crippen LogP contribution in [0.3, 0.4) is 0 Å². The molecule has 0 atom stereocenters. The minimum atomic E-state index is -4.53. The Balaban J connectivity index is 1.53. The predicted octanol–water partition coefficient (Wildman–Crippen LogP) is 4.78. The van der Waals surface area contributed by atoms with E-state index in [0.717, 1.165) is 23.8 Å². The number of amides is 2. The monoisotopic (exact) mass is 394 g/mol. The molecule has 0 saturated heterocycles. The molecule has 1 saturated carbocycles. The summed E-state index contributed by atoms with van der Waals surface area (Å²) in [5.74, 6) is -0.428. The Labute approximate surface area is 158 Å². The number of nitrogens with one attached hydrogen (secondary N) is 2. The van der Waals surface area contributed by atoms with Crippen molar-refractivity contribution < 1.29 is 22.8 Å². The first-order chi connectivity index (χ1) is 12.8. The average Bonchev–Trinajstić information content (AvgIpc) is 3.46. The van der Waals surface area contributed by atoms with E-state index in [1.807, 2.05) is 0 Å². The number of benzene rings is 2. The maximum absolute atomic E-state index is 12.9. The standard InChI is InChI=1S/C19H17F3N2O2S/c20-19(21,22)15-3-1-2-4-16(15)24-17(25)11-27-14-9-7-13(8-10-14)23-18(26)12-5-6-12/h1-4,7-10,12H,5-6,11H2,(H,23,26)(H,24,25). The van der Waals surface area contributed by atoms with Crippen molar-refractivity contribution in [3.63, 3.8) is 0 Å². The van der Waals surface area contributed by atoms with Gasteiger partial charge in [0.05, 0.1) is 17.0 Å². The molecule has 8 heteroatoms. The minimum absolute atomic E-state index is 0.0121. The van der Waals surface area contributed by atoms with Gasteiger partial charge in [0, 0.05) is 16.5 Å². The fourth-order valence-electron chi connectivity index (χ4n) is 2.40. The van der Waals surface area contributed by atoms with E-state index in [2.05, 4.69) is 10.6 Å². The Kier molecular flexibility index (Phi) is 5.74. The van der Waals surface area contributed by atoms with Gasteiger partial charge in [-0.2, -0.15) is 13.2 Å². The molecule has 0 unspecified atom stereocenters. The van der Waals surface area contributed by atoms with Crippen molar-refractivity contribution in [3.05, 3.63) is 54.1 Å². The Morgan fingerprint density at radius 3 is 2.30 bits per heavy atom. The molecule has 1 aliphatic carbocycles. The van der Waals surface area contributed by atoms with E-state index in [4.69, 9.17) is 0 Å². The second-order valence-corrected chi connectivity index (χ2v) is 7.22. The molecule has 27 heavy (non-hydrogen) atoms. The van der Waals surface area contributed by atoms with Gasteiger partial charge in [0.1, 0.15) is 0 Å². The Bertz CT molecular complexity index is 834. The summed E-state index contributed by atoms with van der Waals surface area (Å²) in [6, 6.07) is 11.8. The average molecular weight is 394 g/mol. The summed E-state index contributed by atoms with van der Waals surface area (Å²) in [6.45, 7) is 0. The molecule has 0 heterocycles. The van der Waals surface area contributed by atoms with Crippen LogP contribution in [0.4, 0.5) is 24.5 Å². The van der Waals surface area contributed by atoms with Crippen molar-refractivity contribution >= 4 is 35.0 Å². The normalized spacial score (nSPS) is 13.9. The van der Waals surface area contributed by atoms with E-state index in [9.17, 15) is 22.8 Å². The molecule has 142 valence electrons. The Morgan fingerprint density at radius 2 is 1.67 bits per heavy atom. The van der Waals surface area contributed by atoms with Crippen molar-refractivity contribution in [1.82, 2.24) is 0 Å².